The Bertz CT molecular complexity index is 483. The van der Waals surface area contributed by atoms with Crippen LogP contribution < -0.4 is 5.73 Å². The molecule has 3 heteroatoms. The minimum atomic E-state index is -1.13. The molecule has 2 aromatic rings. The van der Waals surface area contributed by atoms with Crippen molar-refractivity contribution >= 4 is 0 Å². The number of nitrogens with zero attached hydrogens (tertiary/aromatic N) is 1. The predicted octanol–water partition coefficient (Wildman–Crippen LogP) is 3.16. The molecular weight excluding hydrogens is 215 g/mol. The fourth-order valence-electron chi connectivity index (χ4n) is 1.72. The number of rotatable bonds is 3. The van der Waals surface area contributed by atoms with Crippen LogP contribution in [0, 0.1) is 0 Å². The molecule has 1 heterocycles. The van der Waals surface area contributed by atoms with Gasteiger partial charge in [-0.25, -0.2) is 4.39 Å². The Morgan fingerprint density at radius 2 is 1.71 bits per heavy atom. The maximum Gasteiger partial charge on any atom is 0.150 e. The van der Waals surface area contributed by atoms with Crippen LogP contribution in [0.4, 0.5) is 4.39 Å². The van der Waals surface area contributed by atoms with Crippen molar-refractivity contribution in [2.45, 2.75) is 19.1 Å². The summed E-state index contributed by atoms with van der Waals surface area (Å²) in [6.45, 7) is 1.89. The number of halogens is 1. The Balaban J connectivity index is 2.31. The average molecular weight is 230 g/mol. The van der Waals surface area contributed by atoms with Crippen LogP contribution in [0.1, 0.15) is 35.8 Å². The quantitative estimate of drug-likeness (QED) is 0.879. The number of pyridine rings is 1. The summed E-state index contributed by atoms with van der Waals surface area (Å²) in [5.74, 6) is 0. The van der Waals surface area contributed by atoms with E-state index in [-0.39, 0.29) is 6.04 Å². The number of hydrogen-bond acceptors (Lipinski definition) is 2. The first-order chi connectivity index (χ1) is 8.18. The van der Waals surface area contributed by atoms with Crippen LogP contribution in [0.3, 0.4) is 0 Å². The minimum absolute atomic E-state index is 0.0837. The summed E-state index contributed by atoms with van der Waals surface area (Å²) in [7, 11) is 0. The van der Waals surface area contributed by atoms with Crippen LogP contribution in [0.25, 0.3) is 0 Å². The number of aromatic nitrogens is 1. The molecule has 0 aliphatic heterocycles. The van der Waals surface area contributed by atoms with Gasteiger partial charge in [0.2, 0.25) is 0 Å². The van der Waals surface area contributed by atoms with E-state index < -0.39 is 6.17 Å². The third-order valence-electron chi connectivity index (χ3n) is 2.73. The molecule has 0 fully saturated rings. The van der Waals surface area contributed by atoms with Crippen LogP contribution >= 0.6 is 0 Å². The van der Waals surface area contributed by atoms with Crippen molar-refractivity contribution in [1.82, 2.24) is 4.98 Å². The molecule has 2 rings (SSSR count). The van der Waals surface area contributed by atoms with Gasteiger partial charge in [0.1, 0.15) is 0 Å². The molecule has 88 valence electrons. The van der Waals surface area contributed by atoms with Crippen molar-refractivity contribution < 1.29 is 4.39 Å². The van der Waals surface area contributed by atoms with E-state index in [4.69, 9.17) is 5.73 Å². The summed E-state index contributed by atoms with van der Waals surface area (Å²) in [6, 6.07) is 10.6. The Kier molecular flexibility index (Phi) is 3.49. The van der Waals surface area contributed by atoms with Crippen LogP contribution in [0.15, 0.2) is 48.8 Å². The van der Waals surface area contributed by atoms with E-state index in [2.05, 4.69) is 4.98 Å². The fraction of sp³-hybridized carbons (Fsp3) is 0.214. The normalized spacial score (nSPS) is 14.3. The maximum absolute atomic E-state index is 14.2. The van der Waals surface area contributed by atoms with Gasteiger partial charge in [-0.15, -0.1) is 0 Å². The second-order valence-corrected chi connectivity index (χ2v) is 4.10. The van der Waals surface area contributed by atoms with Crippen LogP contribution in [0.2, 0.25) is 0 Å². The van der Waals surface area contributed by atoms with Crippen LogP contribution in [0.5, 0.6) is 0 Å². The second-order valence-electron chi connectivity index (χ2n) is 4.10. The summed E-state index contributed by atoms with van der Waals surface area (Å²) in [6.07, 6.45) is 2.06. The van der Waals surface area contributed by atoms with E-state index in [1.54, 1.807) is 30.6 Å². The largest absolute Gasteiger partial charge is 0.324 e. The van der Waals surface area contributed by atoms with E-state index >= 15 is 0 Å². The second kappa shape index (κ2) is 5.06. The molecule has 0 saturated carbocycles. The summed E-state index contributed by atoms with van der Waals surface area (Å²) in [5.41, 5.74) is 7.98. The Morgan fingerprint density at radius 1 is 1.06 bits per heavy atom. The van der Waals surface area contributed by atoms with Crippen molar-refractivity contribution in [2.75, 3.05) is 0 Å². The zero-order chi connectivity index (χ0) is 12.3. The van der Waals surface area contributed by atoms with Gasteiger partial charge in [-0.3, -0.25) is 4.98 Å². The van der Waals surface area contributed by atoms with E-state index in [1.807, 2.05) is 25.1 Å². The molecule has 2 N–H and O–H groups in total. The summed E-state index contributed by atoms with van der Waals surface area (Å²) >= 11 is 0. The van der Waals surface area contributed by atoms with Gasteiger partial charge in [-0.05, 0) is 35.7 Å². The standard InChI is InChI=1S/C14H15FN2/c1-10(16)12-3-2-4-13(9-12)14(15)11-5-7-17-8-6-11/h2-10,14H,16H2,1H3. The lowest BCUT2D eigenvalue weighted by Gasteiger charge is -2.12. The highest BCUT2D eigenvalue weighted by Gasteiger charge is 2.13. The SMILES string of the molecule is CC(N)c1cccc(C(F)c2ccncc2)c1. The highest BCUT2D eigenvalue weighted by atomic mass is 19.1. The molecule has 0 bridgehead atoms. The zero-order valence-corrected chi connectivity index (χ0v) is 9.68. The van der Waals surface area contributed by atoms with Gasteiger partial charge >= 0.3 is 0 Å². The first-order valence-electron chi connectivity index (χ1n) is 5.58. The summed E-state index contributed by atoms with van der Waals surface area (Å²) < 4.78 is 14.2. The van der Waals surface area contributed by atoms with Gasteiger partial charge in [0.05, 0.1) is 0 Å². The van der Waals surface area contributed by atoms with E-state index in [1.165, 1.54) is 0 Å². The number of alkyl halides is 1. The molecule has 0 radical (unpaired) electrons. The van der Waals surface area contributed by atoms with Crippen molar-refractivity contribution in [3.8, 4) is 0 Å². The number of benzene rings is 1. The average Bonchev–Trinajstić information content (AvgIpc) is 2.39. The number of hydrogen-bond donors (Lipinski definition) is 1. The molecule has 0 amide bonds. The summed E-state index contributed by atoms with van der Waals surface area (Å²) in [5, 5.41) is 0. The Labute approximate surface area is 100 Å². The third-order valence-corrected chi connectivity index (χ3v) is 2.73. The molecule has 0 saturated heterocycles. The molecule has 1 aromatic heterocycles. The molecular formula is C14H15FN2. The highest BCUT2D eigenvalue weighted by molar-refractivity contribution is 5.32. The Hall–Kier alpha value is -1.74. The molecule has 17 heavy (non-hydrogen) atoms. The minimum Gasteiger partial charge on any atom is -0.324 e. The maximum atomic E-state index is 14.2. The van der Waals surface area contributed by atoms with Gasteiger partial charge in [0, 0.05) is 18.4 Å². The van der Waals surface area contributed by atoms with Gasteiger partial charge in [-0.2, -0.15) is 0 Å². The van der Waals surface area contributed by atoms with E-state index in [0.29, 0.717) is 11.1 Å². The lowest BCUT2D eigenvalue weighted by molar-refractivity contribution is 0.401. The van der Waals surface area contributed by atoms with Crippen molar-refractivity contribution in [2.24, 2.45) is 5.73 Å². The van der Waals surface area contributed by atoms with Gasteiger partial charge < -0.3 is 5.73 Å². The highest BCUT2D eigenvalue weighted by Crippen LogP contribution is 2.27. The van der Waals surface area contributed by atoms with Crippen LogP contribution in [-0.2, 0) is 0 Å². The van der Waals surface area contributed by atoms with Crippen molar-refractivity contribution in [3.05, 3.63) is 65.5 Å². The first kappa shape index (κ1) is 11.7. The molecule has 2 atom stereocenters. The lowest BCUT2D eigenvalue weighted by Crippen LogP contribution is -2.05. The van der Waals surface area contributed by atoms with Gasteiger partial charge in [0.15, 0.2) is 6.17 Å². The predicted molar refractivity (Wildman–Crippen MR) is 66.2 cm³/mol. The first-order valence-corrected chi connectivity index (χ1v) is 5.58. The smallest absolute Gasteiger partial charge is 0.150 e. The summed E-state index contributed by atoms with van der Waals surface area (Å²) in [4.78, 5) is 3.88. The molecule has 1 aromatic carbocycles. The van der Waals surface area contributed by atoms with E-state index in [9.17, 15) is 4.39 Å². The molecule has 2 unspecified atom stereocenters. The lowest BCUT2D eigenvalue weighted by atomic mass is 9.99. The van der Waals surface area contributed by atoms with Crippen molar-refractivity contribution in [3.63, 3.8) is 0 Å². The molecule has 0 aliphatic carbocycles. The zero-order valence-electron chi connectivity index (χ0n) is 9.68. The molecule has 2 nitrogen and oxygen atoms in total. The van der Waals surface area contributed by atoms with Gasteiger partial charge in [-0.1, -0.05) is 24.3 Å². The fourth-order valence-corrected chi connectivity index (χ4v) is 1.72. The number of nitrogens with two attached hydrogens (primary N) is 1. The topological polar surface area (TPSA) is 38.9 Å². The third kappa shape index (κ3) is 2.68. The monoisotopic (exact) mass is 230 g/mol. The van der Waals surface area contributed by atoms with Crippen molar-refractivity contribution in [1.29, 1.82) is 0 Å². The molecule has 0 aliphatic rings. The Morgan fingerprint density at radius 3 is 2.35 bits per heavy atom. The molecule has 0 spiro atoms. The van der Waals surface area contributed by atoms with Gasteiger partial charge in [0.25, 0.3) is 0 Å². The van der Waals surface area contributed by atoms with E-state index in [0.717, 1.165) is 5.56 Å². The van der Waals surface area contributed by atoms with Crippen LogP contribution in [-0.4, -0.2) is 4.98 Å².